The van der Waals surface area contributed by atoms with Crippen LogP contribution in [0.25, 0.3) is 5.65 Å². The quantitative estimate of drug-likeness (QED) is 0.750. The summed E-state index contributed by atoms with van der Waals surface area (Å²) in [6.45, 7) is 0. The number of rotatable bonds is 2. The van der Waals surface area contributed by atoms with E-state index < -0.39 is 0 Å². The zero-order valence-electron chi connectivity index (χ0n) is 9.55. The fraction of sp³-hybridized carbons (Fsp3) is 0.0714. The van der Waals surface area contributed by atoms with Crippen molar-refractivity contribution in [3.8, 4) is 5.75 Å². The number of halogens is 1. The molecule has 3 rings (SSSR count). The van der Waals surface area contributed by atoms with Gasteiger partial charge in [-0.1, -0.05) is 12.1 Å². The fourth-order valence-electron chi connectivity index (χ4n) is 1.97. The van der Waals surface area contributed by atoms with E-state index in [9.17, 15) is 9.50 Å². The maximum Gasteiger partial charge on any atom is 0.137 e. The van der Waals surface area contributed by atoms with Gasteiger partial charge in [0.05, 0.1) is 11.9 Å². The molecule has 3 nitrogen and oxygen atoms in total. The number of imidazole rings is 1. The third-order valence-corrected chi connectivity index (χ3v) is 2.76. The summed E-state index contributed by atoms with van der Waals surface area (Å²) in [6.07, 6.45) is 4.00. The topological polar surface area (TPSA) is 37.5 Å². The third kappa shape index (κ3) is 2.05. The molecule has 0 atom stereocenters. The monoisotopic (exact) mass is 242 g/mol. The van der Waals surface area contributed by atoms with Gasteiger partial charge in [0.15, 0.2) is 0 Å². The van der Waals surface area contributed by atoms with E-state index in [1.165, 1.54) is 12.1 Å². The Hall–Kier alpha value is -2.36. The predicted octanol–water partition coefficient (Wildman–Crippen LogP) is 2.77. The van der Waals surface area contributed by atoms with Gasteiger partial charge in [0, 0.05) is 12.6 Å². The van der Waals surface area contributed by atoms with E-state index in [0.29, 0.717) is 6.42 Å². The van der Waals surface area contributed by atoms with Gasteiger partial charge >= 0.3 is 0 Å². The van der Waals surface area contributed by atoms with E-state index in [-0.39, 0.29) is 11.6 Å². The molecule has 1 aromatic carbocycles. The lowest BCUT2D eigenvalue weighted by Crippen LogP contribution is -1.88. The molecule has 0 unspecified atom stereocenters. The van der Waals surface area contributed by atoms with Crippen molar-refractivity contribution < 1.29 is 9.50 Å². The van der Waals surface area contributed by atoms with Crippen molar-refractivity contribution in [2.45, 2.75) is 6.42 Å². The highest BCUT2D eigenvalue weighted by atomic mass is 19.1. The van der Waals surface area contributed by atoms with Gasteiger partial charge in [0.1, 0.15) is 17.2 Å². The lowest BCUT2D eigenvalue weighted by Gasteiger charge is -1.97. The third-order valence-electron chi connectivity index (χ3n) is 2.76. The molecule has 2 aromatic heterocycles. The van der Waals surface area contributed by atoms with Crippen LogP contribution in [0.1, 0.15) is 11.3 Å². The number of fused-ring (bicyclic) bond motifs is 1. The minimum Gasteiger partial charge on any atom is -0.506 e. The summed E-state index contributed by atoms with van der Waals surface area (Å²) in [5.41, 5.74) is 2.48. The molecule has 0 aliphatic heterocycles. The molecule has 0 saturated heterocycles. The maximum absolute atomic E-state index is 13.1. The Balaban J connectivity index is 1.95. The van der Waals surface area contributed by atoms with Crippen LogP contribution >= 0.6 is 0 Å². The van der Waals surface area contributed by atoms with Gasteiger partial charge in [-0.3, -0.25) is 0 Å². The summed E-state index contributed by atoms with van der Waals surface area (Å²) in [6, 6.07) is 9.81. The lowest BCUT2D eigenvalue weighted by molar-refractivity contribution is 0.472. The van der Waals surface area contributed by atoms with Gasteiger partial charge in [0.2, 0.25) is 0 Å². The van der Waals surface area contributed by atoms with Gasteiger partial charge in [-0.2, -0.15) is 0 Å². The molecule has 0 fully saturated rings. The van der Waals surface area contributed by atoms with Crippen LogP contribution in [0.4, 0.5) is 4.39 Å². The Morgan fingerprint density at radius 3 is 2.89 bits per heavy atom. The van der Waals surface area contributed by atoms with Gasteiger partial charge in [-0.05, 0) is 29.8 Å². The lowest BCUT2D eigenvalue weighted by atomic mass is 10.1. The molecular formula is C14H11FN2O. The highest BCUT2D eigenvalue weighted by Gasteiger charge is 2.04. The molecule has 1 N–H and O–H groups in total. The zero-order valence-corrected chi connectivity index (χ0v) is 9.55. The zero-order chi connectivity index (χ0) is 12.5. The van der Waals surface area contributed by atoms with Crippen LogP contribution in [0.15, 0.2) is 48.8 Å². The molecule has 0 radical (unpaired) electrons. The Bertz CT molecular complexity index is 706. The van der Waals surface area contributed by atoms with Gasteiger partial charge in [-0.25, -0.2) is 9.37 Å². The van der Waals surface area contributed by atoms with E-state index in [1.54, 1.807) is 28.8 Å². The number of aromatic nitrogens is 2. The van der Waals surface area contributed by atoms with Crippen molar-refractivity contribution in [3.63, 3.8) is 0 Å². The molecule has 0 bridgehead atoms. The van der Waals surface area contributed by atoms with Crippen molar-refractivity contribution in [1.82, 2.24) is 9.38 Å². The molecule has 2 heterocycles. The smallest absolute Gasteiger partial charge is 0.137 e. The number of aromatic hydroxyl groups is 1. The van der Waals surface area contributed by atoms with Gasteiger partial charge in [0.25, 0.3) is 0 Å². The minimum atomic E-state index is -0.242. The SMILES string of the molecule is Oc1ccc2nc(Cc3cccc(F)c3)cn2c1. The van der Waals surface area contributed by atoms with E-state index >= 15 is 0 Å². The molecule has 0 amide bonds. The van der Waals surface area contributed by atoms with Crippen LogP contribution in [0.5, 0.6) is 5.75 Å². The number of hydrogen-bond acceptors (Lipinski definition) is 2. The molecule has 0 spiro atoms. The minimum absolute atomic E-state index is 0.192. The van der Waals surface area contributed by atoms with Crippen LogP contribution in [0.3, 0.4) is 0 Å². The number of pyridine rings is 1. The summed E-state index contributed by atoms with van der Waals surface area (Å²) in [7, 11) is 0. The molecule has 4 heteroatoms. The molecule has 0 aliphatic carbocycles. The average molecular weight is 242 g/mol. The Morgan fingerprint density at radius 2 is 2.06 bits per heavy atom. The second-order valence-electron chi connectivity index (χ2n) is 4.19. The number of nitrogens with zero attached hydrogens (tertiary/aromatic N) is 2. The van der Waals surface area contributed by atoms with Gasteiger partial charge < -0.3 is 9.51 Å². The van der Waals surface area contributed by atoms with Crippen LogP contribution < -0.4 is 0 Å². The fourth-order valence-corrected chi connectivity index (χ4v) is 1.97. The largest absolute Gasteiger partial charge is 0.506 e. The summed E-state index contributed by atoms with van der Waals surface area (Å²) < 4.78 is 14.8. The molecular weight excluding hydrogens is 231 g/mol. The summed E-state index contributed by atoms with van der Waals surface area (Å²) in [5, 5.41) is 9.37. The normalized spacial score (nSPS) is 10.9. The summed E-state index contributed by atoms with van der Waals surface area (Å²) >= 11 is 0. The second-order valence-corrected chi connectivity index (χ2v) is 4.19. The highest BCUT2D eigenvalue weighted by molar-refractivity contribution is 5.43. The highest BCUT2D eigenvalue weighted by Crippen LogP contribution is 2.14. The summed E-state index contributed by atoms with van der Waals surface area (Å²) in [5.74, 6) is -0.0499. The van der Waals surface area contributed by atoms with E-state index in [4.69, 9.17) is 0 Å². The number of hydrogen-bond donors (Lipinski definition) is 1. The van der Waals surface area contributed by atoms with E-state index in [2.05, 4.69) is 4.98 Å². The number of benzene rings is 1. The first-order chi connectivity index (χ1) is 8.70. The first-order valence-corrected chi connectivity index (χ1v) is 5.62. The standard InChI is InChI=1S/C14H11FN2O/c15-11-3-1-2-10(6-11)7-12-8-17-9-13(18)4-5-14(17)16-12/h1-6,8-9,18H,7H2. The van der Waals surface area contributed by atoms with Crippen LogP contribution in [-0.4, -0.2) is 14.5 Å². The van der Waals surface area contributed by atoms with Crippen LogP contribution in [0, 0.1) is 5.82 Å². The van der Waals surface area contributed by atoms with Gasteiger partial charge in [-0.15, -0.1) is 0 Å². The first kappa shape index (κ1) is 10.8. The molecule has 3 aromatic rings. The van der Waals surface area contributed by atoms with E-state index in [0.717, 1.165) is 16.9 Å². The predicted molar refractivity (Wildman–Crippen MR) is 66.1 cm³/mol. The molecule has 0 saturated carbocycles. The maximum atomic E-state index is 13.1. The average Bonchev–Trinajstić information content (AvgIpc) is 2.70. The van der Waals surface area contributed by atoms with Crippen LogP contribution in [-0.2, 0) is 6.42 Å². The van der Waals surface area contributed by atoms with Crippen molar-refractivity contribution in [3.05, 3.63) is 65.9 Å². The Labute approximate surface area is 103 Å². The van der Waals surface area contributed by atoms with E-state index in [1.807, 2.05) is 12.3 Å². The van der Waals surface area contributed by atoms with Crippen molar-refractivity contribution in [2.75, 3.05) is 0 Å². The summed E-state index contributed by atoms with van der Waals surface area (Å²) in [4.78, 5) is 4.41. The molecule has 0 aliphatic rings. The first-order valence-electron chi connectivity index (χ1n) is 5.62. The van der Waals surface area contributed by atoms with Crippen LogP contribution in [0.2, 0.25) is 0 Å². The van der Waals surface area contributed by atoms with Crippen molar-refractivity contribution in [1.29, 1.82) is 0 Å². The second kappa shape index (κ2) is 4.14. The Kier molecular flexibility index (Phi) is 2.48. The van der Waals surface area contributed by atoms with Crippen molar-refractivity contribution in [2.24, 2.45) is 0 Å². The molecule has 90 valence electrons. The van der Waals surface area contributed by atoms with Crippen molar-refractivity contribution >= 4 is 5.65 Å². The molecule has 18 heavy (non-hydrogen) atoms. The Morgan fingerprint density at radius 1 is 1.17 bits per heavy atom.